The van der Waals surface area contributed by atoms with E-state index < -0.39 is 5.82 Å². The number of aryl methyl sites for hydroxylation is 1. The maximum absolute atomic E-state index is 14.3. The third-order valence-corrected chi connectivity index (χ3v) is 6.14. The van der Waals surface area contributed by atoms with Crippen LogP contribution in [0.25, 0.3) is 17.0 Å². The molecule has 1 atom stereocenters. The van der Waals surface area contributed by atoms with Crippen LogP contribution in [0.4, 0.5) is 4.39 Å². The summed E-state index contributed by atoms with van der Waals surface area (Å²) in [5, 5.41) is 8.19. The highest BCUT2D eigenvalue weighted by Crippen LogP contribution is 2.37. The second kappa shape index (κ2) is 10.3. The van der Waals surface area contributed by atoms with E-state index in [1.807, 2.05) is 18.7 Å². The lowest BCUT2D eigenvalue weighted by atomic mass is 9.94. The smallest absolute Gasteiger partial charge is 0.258 e. The van der Waals surface area contributed by atoms with Gasteiger partial charge in [0.05, 0.1) is 18.7 Å². The number of thiocarbonyl (C=S) groups is 1. The number of methoxy groups -OCH3 is 2. The van der Waals surface area contributed by atoms with Crippen molar-refractivity contribution in [1.29, 1.82) is 0 Å². The van der Waals surface area contributed by atoms with Crippen LogP contribution in [0.1, 0.15) is 36.4 Å². The molecule has 0 saturated carbocycles. The van der Waals surface area contributed by atoms with Crippen molar-refractivity contribution in [2.45, 2.75) is 26.3 Å². The number of benzene rings is 2. The van der Waals surface area contributed by atoms with Gasteiger partial charge in [-0.2, -0.15) is 4.98 Å². The van der Waals surface area contributed by atoms with Crippen molar-refractivity contribution in [2.75, 3.05) is 27.4 Å². The number of rotatable bonds is 8. The molecule has 34 heavy (non-hydrogen) atoms. The van der Waals surface area contributed by atoms with E-state index in [9.17, 15) is 4.39 Å². The summed E-state index contributed by atoms with van der Waals surface area (Å²) in [6.45, 7) is 5.34. The Kier molecular flexibility index (Phi) is 7.23. The van der Waals surface area contributed by atoms with Crippen molar-refractivity contribution in [1.82, 2.24) is 20.4 Å². The van der Waals surface area contributed by atoms with Crippen molar-refractivity contribution in [3.8, 4) is 17.1 Å². The molecule has 0 aliphatic carbocycles. The van der Waals surface area contributed by atoms with Crippen LogP contribution in [0.3, 0.4) is 0 Å². The zero-order valence-electron chi connectivity index (χ0n) is 19.6. The minimum atomic E-state index is -0.492. The number of allylic oxidation sites excluding steroid dienone is 1. The fourth-order valence-corrected chi connectivity index (χ4v) is 4.31. The molecule has 1 N–H and O–H groups in total. The van der Waals surface area contributed by atoms with Gasteiger partial charge in [-0.05, 0) is 56.2 Å². The van der Waals surface area contributed by atoms with E-state index in [0.29, 0.717) is 35.5 Å². The third kappa shape index (κ3) is 4.80. The van der Waals surface area contributed by atoms with Gasteiger partial charge in [0.25, 0.3) is 5.89 Å². The Morgan fingerprint density at radius 1 is 1.15 bits per heavy atom. The van der Waals surface area contributed by atoms with Crippen molar-refractivity contribution in [3.63, 3.8) is 0 Å². The van der Waals surface area contributed by atoms with Crippen molar-refractivity contribution >= 4 is 22.9 Å². The Morgan fingerprint density at radius 3 is 2.59 bits per heavy atom. The Morgan fingerprint density at radius 2 is 1.91 bits per heavy atom. The molecule has 2 heterocycles. The van der Waals surface area contributed by atoms with Gasteiger partial charge in [0, 0.05) is 31.5 Å². The summed E-state index contributed by atoms with van der Waals surface area (Å²) in [6, 6.07) is 12.5. The highest BCUT2D eigenvalue weighted by Gasteiger charge is 2.34. The van der Waals surface area contributed by atoms with E-state index in [0.717, 1.165) is 28.8 Å². The molecule has 1 aliphatic heterocycles. The van der Waals surface area contributed by atoms with E-state index in [2.05, 4.69) is 39.7 Å². The standard InChI is InChI=1S/C25H27FN4O3S/c1-15-6-8-17(9-7-15)22-21(16(2)30(25(34)27-22)12-5-13-31-3)24-28-23(29-33-24)18-10-11-20(32-4)19(26)14-18/h6-11,14,22H,5,12-13H2,1-4H3,(H,27,34). The van der Waals surface area contributed by atoms with Crippen LogP contribution < -0.4 is 10.1 Å². The predicted octanol–water partition coefficient (Wildman–Crippen LogP) is 4.89. The van der Waals surface area contributed by atoms with Gasteiger partial charge in [-0.15, -0.1) is 0 Å². The van der Waals surface area contributed by atoms with Crippen LogP contribution in [0.5, 0.6) is 5.75 Å². The third-order valence-electron chi connectivity index (χ3n) is 5.80. The Labute approximate surface area is 203 Å². The largest absolute Gasteiger partial charge is 0.494 e. The molecule has 9 heteroatoms. The van der Waals surface area contributed by atoms with Gasteiger partial charge in [-0.1, -0.05) is 35.0 Å². The van der Waals surface area contributed by atoms with Crippen LogP contribution in [0.15, 0.2) is 52.7 Å². The Bertz CT molecular complexity index is 1210. The molecule has 2 aromatic carbocycles. The van der Waals surface area contributed by atoms with Gasteiger partial charge in [0.15, 0.2) is 16.7 Å². The number of hydrogen-bond acceptors (Lipinski definition) is 6. The molecule has 7 nitrogen and oxygen atoms in total. The van der Waals surface area contributed by atoms with Gasteiger partial charge in [0.2, 0.25) is 5.82 Å². The predicted molar refractivity (Wildman–Crippen MR) is 132 cm³/mol. The van der Waals surface area contributed by atoms with E-state index in [4.69, 9.17) is 26.2 Å². The molecular weight excluding hydrogens is 455 g/mol. The van der Waals surface area contributed by atoms with Crippen molar-refractivity contribution < 1.29 is 18.4 Å². The van der Waals surface area contributed by atoms with Crippen molar-refractivity contribution in [3.05, 3.63) is 71.0 Å². The van der Waals surface area contributed by atoms with Gasteiger partial charge in [-0.3, -0.25) is 0 Å². The summed E-state index contributed by atoms with van der Waals surface area (Å²) < 4.78 is 30.2. The van der Waals surface area contributed by atoms with E-state index in [1.165, 1.54) is 13.2 Å². The molecule has 0 saturated heterocycles. The van der Waals surface area contributed by atoms with E-state index in [1.54, 1.807) is 19.2 Å². The molecule has 0 fully saturated rings. The van der Waals surface area contributed by atoms with Gasteiger partial charge >= 0.3 is 0 Å². The average molecular weight is 483 g/mol. The van der Waals surface area contributed by atoms with Crippen LogP contribution in [0, 0.1) is 12.7 Å². The summed E-state index contributed by atoms with van der Waals surface area (Å²) in [6.07, 6.45) is 0.804. The summed E-state index contributed by atoms with van der Waals surface area (Å²) in [7, 11) is 3.10. The van der Waals surface area contributed by atoms with Gasteiger partial charge in [-0.25, -0.2) is 4.39 Å². The van der Waals surface area contributed by atoms with Crippen LogP contribution >= 0.6 is 12.2 Å². The molecule has 1 aliphatic rings. The topological polar surface area (TPSA) is 72.7 Å². The fraction of sp³-hybridized carbons (Fsp3) is 0.320. The lowest BCUT2D eigenvalue weighted by Gasteiger charge is -2.37. The normalized spacial score (nSPS) is 16.1. The molecular formula is C25H27FN4O3S. The monoisotopic (exact) mass is 482 g/mol. The minimum Gasteiger partial charge on any atom is -0.494 e. The molecule has 1 aromatic heterocycles. The molecule has 0 bridgehead atoms. The highest BCUT2D eigenvalue weighted by atomic mass is 32.1. The fourth-order valence-electron chi connectivity index (χ4n) is 3.96. The zero-order valence-corrected chi connectivity index (χ0v) is 20.4. The minimum absolute atomic E-state index is 0.155. The molecule has 178 valence electrons. The number of nitrogens with zero attached hydrogens (tertiary/aromatic N) is 3. The Hall–Kier alpha value is -3.30. The van der Waals surface area contributed by atoms with Crippen LogP contribution in [-0.2, 0) is 4.74 Å². The average Bonchev–Trinajstić information content (AvgIpc) is 3.31. The SMILES string of the molecule is COCCCN1C(=S)NC(c2ccc(C)cc2)C(c2nc(-c3ccc(OC)c(F)c3)no2)=C1C. The molecule has 0 spiro atoms. The molecule has 0 amide bonds. The quantitative estimate of drug-likeness (QED) is 0.359. The maximum Gasteiger partial charge on any atom is 0.258 e. The summed E-state index contributed by atoms with van der Waals surface area (Å²) in [5.41, 5.74) is 4.42. The second-order valence-electron chi connectivity index (χ2n) is 8.06. The molecule has 0 radical (unpaired) electrons. The number of ether oxygens (including phenoxy) is 2. The van der Waals surface area contributed by atoms with Gasteiger partial charge < -0.3 is 24.2 Å². The number of halogens is 1. The highest BCUT2D eigenvalue weighted by molar-refractivity contribution is 7.80. The molecule has 3 aromatic rings. The first-order chi connectivity index (χ1) is 16.4. The van der Waals surface area contributed by atoms with Crippen LogP contribution in [0.2, 0.25) is 0 Å². The first-order valence-corrected chi connectivity index (χ1v) is 11.4. The van der Waals surface area contributed by atoms with E-state index >= 15 is 0 Å². The first-order valence-electron chi connectivity index (χ1n) is 10.9. The van der Waals surface area contributed by atoms with Crippen molar-refractivity contribution in [2.24, 2.45) is 0 Å². The Balaban J connectivity index is 1.76. The summed E-state index contributed by atoms with van der Waals surface area (Å²) in [5.74, 6) is 0.301. The van der Waals surface area contributed by atoms with Crippen LogP contribution in [-0.4, -0.2) is 47.5 Å². The first kappa shape index (κ1) is 23.8. The molecule has 1 unspecified atom stereocenters. The number of hydrogen-bond donors (Lipinski definition) is 1. The number of aromatic nitrogens is 2. The number of nitrogens with one attached hydrogen (secondary N) is 1. The zero-order chi connectivity index (χ0) is 24.2. The lowest BCUT2D eigenvalue weighted by Crippen LogP contribution is -2.46. The lowest BCUT2D eigenvalue weighted by molar-refractivity contribution is 0.188. The van der Waals surface area contributed by atoms with E-state index in [-0.39, 0.29) is 11.8 Å². The summed E-state index contributed by atoms with van der Waals surface area (Å²) >= 11 is 5.70. The second-order valence-corrected chi connectivity index (χ2v) is 8.45. The molecule has 4 rings (SSSR count). The maximum atomic E-state index is 14.3. The van der Waals surface area contributed by atoms with Gasteiger partial charge in [0.1, 0.15) is 0 Å². The summed E-state index contributed by atoms with van der Waals surface area (Å²) in [4.78, 5) is 6.64.